The fourth-order valence-electron chi connectivity index (χ4n) is 2.40. The summed E-state index contributed by atoms with van der Waals surface area (Å²) in [6, 6.07) is 19.8. The molecule has 0 radical (unpaired) electrons. The molecule has 2 aromatic rings. The Bertz CT molecular complexity index is 739. The molecule has 25 heavy (non-hydrogen) atoms. The van der Waals surface area contributed by atoms with E-state index in [1.807, 2.05) is 81.4 Å². The van der Waals surface area contributed by atoms with E-state index in [0.717, 1.165) is 11.1 Å². The summed E-state index contributed by atoms with van der Waals surface area (Å²) in [6.07, 6.45) is 0.176. The quantitative estimate of drug-likeness (QED) is 0.691. The molecular formula is C22H25NO2. The van der Waals surface area contributed by atoms with Crippen LogP contribution in [0.15, 0.2) is 78.7 Å². The minimum atomic E-state index is -0.564. The fourth-order valence-corrected chi connectivity index (χ4v) is 2.40. The van der Waals surface area contributed by atoms with Gasteiger partial charge in [0.25, 0.3) is 0 Å². The number of carbonyl (C=O) groups excluding carboxylic acids is 1. The van der Waals surface area contributed by atoms with Crippen LogP contribution in [0.4, 0.5) is 4.79 Å². The van der Waals surface area contributed by atoms with Crippen LogP contribution in [0.5, 0.6) is 0 Å². The molecule has 0 fully saturated rings. The van der Waals surface area contributed by atoms with Crippen LogP contribution in [0.1, 0.15) is 31.9 Å². The van der Waals surface area contributed by atoms with E-state index in [1.54, 1.807) is 4.90 Å². The molecule has 0 unspecified atom stereocenters. The molecule has 0 heterocycles. The minimum Gasteiger partial charge on any atom is -0.443 e. The smallest absolute Gasteiger partial charge is 0.415 e. The molecule has 0 aliphatic heterocycles. The first-order valence-electron chi connectivity index (χ1n) is 8.36. The Morgan fingerprint density at radius 3 is 2.00 bits per heavy atom. The predicted octanol–water partition coefficient (Wildman–Crippen LogP) is 5.34. The van der Waals surface area contributed by atoms with Crippen molar-refractivity contribution in [3.05, 3.63) is 89.8 Å². The monoisotopic (exact) mass is 335 g/mol. The van der Waals surface area contributed by atoms with Crippen molar-refractivity contribution in [2.24, 2.45) is 0 Å². The lowest BCUT2D eigenvalue weighted by atomic mass is 10.1. The molecule has 0 N–H and O–H groups in total. The van der Waals surface area contributed by atoms with Crippen molar-refractivity contribution < 1.29 is 9.53 Å². The molecular weight excluding hydrogens is 310 g/mol. The number of rotatable bonds is 5. The molecule has 2 rings (SSSR count). The summed E-state index contributed by atoms with van der Waals surface area (Å²) >= 11 is 0. The molecule has 0 aliphatic rings. The van der Waals surface area contributed by atoms with E-state index < -0.39 is 11.7 Å². The summed E-state index contributed by atoms with van der Waals surface area (Å²) < 4.78 is 5.59. The summed E-state index contributed by atoms with van der Waals surface area (Å²) in [4.78, 5) is 14.4. The zero-order chi connectivity index (χ0) is 18.3. The van der Waals surface area contributed by atoms with E-state index in [0.29, 0.717) is 18.7 Å². The summed E-state index contributed by atoms with van der Waals surface area (Å²) in [7, 11) is 0. The highest BCUT2D eigenvalue weighted by Crippen LogP contribution is 2.19. The minimum absolute atomic E-state index is 0.390. The normalized spacial score (nSPS) is 10.7. The first-order valence-corrected chi connectivity index (χ1v) is 8.36. The van der Waals surface area contributed by atoms with Crippen LogP contribution in [-0.2, 0) is 17.7 Å². The third-order valence-electron chi connectivity index (χ3n) is 3.54. The second kappa shape index (κ2) is 8.36. The lowest BCUT2D eigenvalue weighted by Gasteiger charge is -2.28. The van der Waals surface area contributed by atoms with Crippen LogP contribution >= 0.6 is 0 Å². The van der Waals surface area contributed by atoms with Gasteiger partial charge in [0.2, 0.25) is 0 Å². The van der Waals surface area contributed by atoms with Gasteiger partial charge in [-0.25, -0.2) is 4.79 Å². The molecule has 3 nitrogen and oxygen atoms in total. The van der Waals surface area contributed by atoms with Crippen molar-refractivity contribution in [2.75, 3.05) is 0 Å². The van der Waals surface area contributed by atoms with Crippen LogP contribution in [-0.4, -0.2) is 16.6 Å². The fraction of sp³-hybridized carbons (Fsp3) is 0.273. The second-order valence-electron chi connectivity index (χ2n) is 6.84. The Hall–Kier alpha value is -2.77. The SMILES string of the molecule is C=C=C(Cc1ccccc1)N(Cc1ccccc1)C(=O)OC(C)(C)C. The van der Waals surface area contributed by atoms with Gasteiger partial charge in [0, 0.05) is 6.42 Å². The number of nitrogens with zero attached hydrogens (tertiary/aromatic N) is 1. The number of allylic oxidation sites excluding steroid dienone is 1. The van der Waals surface area contributed by atoms with Crippen molar-refractivity contribution in [1.29, 1.82) is 0 Å². The van der Waals surface area contributed by atoms with Crippen molar-refractivity contribution in [1.82, 2.24) is 4.90 Å². The van der Waals surface area contributed by atoms with Gasteiger partial charge in [0.1, 0.15) is 5.60 Å². The van der Waals surface area contributed by atoms with Crippen LogP contribution < -0.4 is 0 Å². The summed E-state index contributed by atoms with van der Waals surface area (Å²) in [5.74, 6) is 0. The first-order chi connectivity index (χ1) is 11.9. The molecule has 0 spiro atoms. The van der Waals surface area contributed by atoms with E-state index >= 15 is 0 Å². The first kappa shape index (κ1) is 18.6. The Kier molecular flexibility index (Phi) is 6.21. The van der Waals surface area contributed by atoms with Gasteiger partial charge in [-0.05, 0) is 31.9 Å². The molecule has 0 saturated heterocycles. The largest absolute Gasteiger partial charge is 0.443 e. The van der Waals surface area contributed by atoms with Crippen molar-refractivity contribution >= 4 is 6.09 Å². The van der Waals surface area contributed by atoms with Gasteiger partial charge in [-0.1, -0.05) is 67.2 Å². The zero-order valence-corrected chi connectivity index (χ0v) is 15.2. The predicted molar refractivity (Wildman–Crippen MR) is 101 cm³/mol. The topological polar surface area (TPSA) is 29.5 Å². The maximum atomic E-state index is 12.8. The molecule has 0 aliphatic carbocycles. The van der Waals surface area contributed by atoms with Crippen molar-refractivity contribution in [3.63, 3.8) is 0 Å². The lowest BCUT2D eigenvalue weighted by molar-refractivity contribution is 0.0297. The van der Waals surface area contributed by atoms with Gasteiger partial charge in [-0.3, -0.25) is 4.90 Å². The third-order valence-corrected chi connectivity index (χ3v) is 3.54. The van der Waals surface area contributed by atoms with Gasteiger partial charge < -0.3 is 4.74 Å². The Labute approximate surface area is 150 Å². The highest BCUT2D eigenvalue weighted by atomic mass is 16.6. The van der Waals surface area contributed by atoms with E-state index in [-0.39, 0.29) is 0 Å². The summed E-state index contributed by atoms with van der Waals surface area (Å²) in [5, 5.41) is 0. The van der Waals surface area contributed by atoms with Gasteiger partial charge in [0.15, 0.2) is 0 Å². The molecule has 0 atom stereocenters. The average Bonchev–Trinajstić information content (AvgIpc) is 2.58. The van der Waals surface area contributed by atoms with E-state index in [4.69, 9.17) is 4.74 Å². The highest BCUT2D eigenvalue weighted by molar-refractivity contribution is 5.70. The molecule has 0 saturated carbocycles. The van der Waals surface area contributed by atoms with Gasteiger partial charge in [-0.2, -0.15) is 0 Å². The van der Waals surface area contributed by atoms with Gasteiger partial charge in [0.05, 0.1) is 12.2 Å². The van der Waals surface area contributed by atoms with Crippen molar-refractivity contribution in [3.8, 4) is 0 Å². The van der Waals surface area contributed by atoms with Crippen LogP contribution in [0.25, 0.3) is 0 Å². The van der Waals surface area contributed by atoms with Crippen LogP contribution in [0.3, 0.4) is 0 Å². The second-order valence-corrected chi connectivity index (χ2v) is 6.84. The maximum absolute atomic E-state index is 12.8. The van der Waals surface area contributed by atoms with Crippen LogP contribution in [0, 0.1) is 0 Å². The Morgan fingerprint density at radius 2 is 1.52 bits per heavy atom. The number of carbonyl (C=O) groups is 1. The molecule has 1 amide bonds. The molecule has 3 heteroatoms. The number of amides is 1. The molecule has 0 aromatic heterocycles. The Morgan fingerprint density at radius 1 is 1.00 bits per heavy atom. The van der Waals surface area contributed by atoms with Gasteiger partial charge >= 0.3 is 6.09 Å². The van der Waals surface area contributed by atoms with E-state index in [9.17, 15) is 4.79 Å². The molecule has 0 bridgehead atoms. The third kappa shape index (κ3) is 5.98. The average molecular weight is 335 g/mol. The Balaban J connectivity index is 2.28. The summed E-state index contributed by atoms with van der Waals surface area (Å²) in [6.45, 7) is 9.79. The number of hydrogen-bond acceptors (Lipinski definition) is 2. The standard InChI is InChI=1S/C22H25NO2/c1-5-20(16-18-12-8-6-9-13-18)23(21(24)25-22(2,3)4)17-19-14-10-7-11-15-19/h6-15H,1,16-17H2,2-4H3. The number of ether oxygens (including phenoxy) is 1. The zero-order valence-electron chi connectivity index (χ0n) is 15.2. The van der Waals surface area contributed by atoms with Crippen LogP contribution in [0.2, 0.25) is 0 Å². The lowest BCUT2D eigenvalue weighted by Crippen LogP contribution is -2.36. The van der Waals surface area contributed by atoms with E-state index in [2.05, 4.69) is 12.3 Å². The van der Waals surface area contributed by atoms with Gasteiger partial charge in [-0.15, -0.1) is 5.73 Å². The maximum Gasteiger partial charge on any atom is 0.415 e. The molecule has 130 valence electrons. The summed E-state index contributed by atoms with van der Waals surface area (Å²) in [5.41, 5.74) is 5.18. The van der Waals surface area contributed by atoms with Crippen molar-refractivity contribution in [2.45, 2.75) is 39.3 Å². The number of hydrogen-bond donors (Lipinski definition) is 0. The van der Waals surface area contributed by atoms with E-state index in [1.165, 1.54) is 0 Å². The number of benzene rings is 2. The molecule has 2 aromatic carbocycles. The highest BCUT2D eigenvalue weighted by Gasteiger charge is 2.25.